The maximum absolute atomic E-state index is 10.1. The molecule has 2 bridgehead atoms. The average molecular weight is 348 g/mol. The molecule has 0 saturated carbocycles. The number of nitriles is 1. The number of ether oxygens (including phenoxy) is 2. The van der Waals surface area contributed by atoms with E-state index in [1.165, 1.54) is 0 Å². The molecule has 2 unspecified atom stereocenters. The first-order valence-electron chi connectivity index (χ1n) is 9.18. The first-order chi connectivity index (χ1) is 12.7. The van der Waals surface area contributed by atoms with Crippen LogP contribution in [0.2, 0.25) is 0 Å². The van der Waals surface area contributed by atoms with Gasteiger partial charge in [0.05, 0.1) is 31.4 Å². The van der Waals surface area contributed by atoms with Crippen LogP contribution < -0.4 is 14.4 Å². The Morgan fingerprint density at radius 1 is 1.00 bits per heavy atom. The lowest BCUT2D eigenvalue weighted by atomic mass is 9.71. The van der Waals surface area contributed by atoms with E-state index >= 15 is 0 Å². The van der Waals surface area contributed by atoms with E-state index < -0.39 is 5.41 Å². The number of hydrogen-bond acceptors (Lipinski definition) is 4. The Hall–Kier alpha value is -2.67. The van der Waals surface area contributed by atoms with Crippen LogP contribution in [0.5, 0.6) is 11.5 Å². The van der Waals surface area contributed by atoms with Crippen molar-refractivity contribution >= 4 is 5.69 Å². The number of piperidine rings is 1. The van der Waals surface area contributed by atoms with Gasteiger partial charge < -0.3 is 14.4 Å². The number of para-hydroxylation sites is 2. The molecular weight excluding hydrogens is 324 g/mol. The Balaban J connectivity index is 1.70. The Morgan fingerprint density at radius 2 is 1.73 bits per heavy atom. The third-order valence-electron chi connectivity index (χ3n) is 5.99. The first kappa shape index (κ1) is 16.8. The second-order valence-corrected chi connectivity index (χ2v) is 7.30. The highest BCUT2D eigenvalue weighted by atomic mass is 16.5. The van der Waals surface area contributed by atoms with Crippen molar-refractivity contribution in [2.75, 3.05) is 19.1 Å². The van der Waals surface area contributed by atoms with Crippen molar-refractivity contribution < 1.29 is 9.47 Å². The topological polar surface area (TPSA) is 45.5 Å². The predicted molar refractivity (Wildman–Crippen MR) is 102 cm³/mol. The summed E-state index contributed by atoms with van der Waals surface area (Å²) in [6.07, 6.45) is 3.92. The lowest BCUT2D eigenvalue weighted by molar-refractivity contribution is 0.339. The molecule has 0 amide bonds. The van der Waals surface area contributed by atoms with Crippen LogP contribution in [0.1, 0.15) is 31.2 Å². The van der Waals surface area contributed by atoms with E-state index in [1.807, 2.05) is 30.3 Å². The van der Waals surface area contributed by atoms with Crippen LogP contribution in [0.15, 0.2) is 48.5 Å². The molecule has 2 aliphatic heterocycles. The highest BCUT2D eigenvalue weighted by Crippen LogP contribution is 2.50. The zero-order valence-corrected chi connectivity index (χ0v) is 15.3. The van der Waals surface area contributed by atoms with Crippen LogP contribution >= 0.6 is 0 Å². The second-order valence-electron chi connectivity index (χ2n) is 7.30. The first-order valence-corrected chi connectivity index (χ1v) is 9.18. The van der Waals surface area contributed by atoms with Crippen LogP contribution in [-0.4, -0.2) is 26.3 Å². The quantitative estimate of drug-likeness (QED) is 0.826. The smallest absolute Gasteiger partial charge is 0.142 e. The number of rotatable bonds is 4. The van der Waals surface area contributed by atoms with Crippen LogP contribution in [0.25, 0.3) is 0 Å². The van der Waals surface area contributed by atoms with E-state index in [0.29, 0.717) is 12.1 Å². The fourth-order valence-corrected chi connectivity index (χ4v) is 4.80. The Kier molecular flexibility index (Phi) is 4.24. The molecule has 2 saturated heterocycles. The standard InChI is InChI=1S/C22H24N2O2/c1-25-19-7-5-6-16(12-19)22(15-23)13-17-10-11-18(14-22)24(17)20-8-3-4-9-21(20)26-2/h3-9,12,17-18H,10-11,13-14H2,1-2H3. The molecule has 0 radical (unpaired) electrons. The number of methoxy groups -OCH3 is 2. The van der Waals surface area contributed by atoms with Gasteiger partial charge in [-0.25, -0.2) is 0 Å². The van der Waals surface area contributed by atoms with E-state index in [0.717, 1.165) is 48.4 Å². The van der Waals surface area contributed by atoms with Gasteiger partial charge in [-0.3, -0.25) is 0 Å². The molecule has 134 valence electrons. The molecule has 26 heavy (non-hydrogen) atoms. The number of hydrogen-bond donors (Lipinski definition) is 0. The summed E-state index contributed by atoms with van der Waals surface area (Å²) in [5.41, 5.74) is 1.79. The van der Waals surface area contributed by atoms with Gasteiger partial charge in [0.1, 0.15) is 11.5 Å². The van der Waals surface area contributed by atoms with E-state index in [2.05, 4.69) is 29.2 Å². The van der Waals surface area contributed by atoms with Gasteiger partial charge in [-0.05, 0) is 55.5 Å². The molecule has 0 aromatic heterocycles. The van der Waals surface area contributed by atoms with Crippen LogP contribution in [0.4, 0.5) is 5.69 Å². The molecule has 4 nitrogen and oxygen atoms in total. The lowest BCUT2D eigenvalue weighted by Gasteiger charge is -2.45. The lowest BCUT2D eigenvalue weighted by Crippen LogP contribution is -2.49. The summed E-state index contributed by atoms with van der Waals surface area (Å²) < 4.78 is 11.0. The van der Waals surface area contributed by atoms with Gasteiger partial charge in [0, 0.05) is 12.1 Å². The molecule has 4 heteroatoms. The maximum atomic E-state index is 10.1. The Bertz CT molecular complexity index is 828. The third-order valence-corrected chi connectivity index (χ3v) is 5.99. The van der Waals surface area contributed by atoms with Gasteiger partial charge in [0.2, 0.25) is 0 Å². The monoisotopic (exact) mass is 348 g/mol. The van der Waals surface area contributed by atoms with Crippen molar-refractivity contribution in [2.45, 2.75) is 43.2 Å². The molecule has 2 fully saturated rings. The normalized spacial score (nSPS) is 27.0. The summed E-state index contributed by atoms with van der Waals surface area (Å²) in [4.78, 5) is 2.49. The summed E-state index contributed by atoms with van der Waals surface area (Å²) >= 11 is 0. The molecule has 2 aromatic carbocycles. The van der Waals surface area contributed by atoms with Crippen molar-refractivity contribution in [1.82, 2.24) is 0 Å². The van der Waals surface area contributed by atoms with Gasteiger partial charge in [-0.2, -0.15) is 5.26 Å². The summed E-state index contributed by atoms with van der Waals surface area (Å²) in [5.74, 6) is 1.73. The predicted octanol–water partition coefficient (Wildman–Crippen LogP) is 4.30. The largest absolute Gasteiger partial charge is 0.497 e. The van der Waals surface area contributed by atoms with Gasteiger partial charge in [-0.1, -0.05) is 24.3 Å². The van der Waals surface area contributed by atoms with E-state index in [1.54, 1.807) is 14.2 Å². The van der Waals surface area contributed by atoms with Gasteiger partial charge in [0.15, 0.2) is 0 Å². The molecule has 2 atom stereocenters. The van der Waals surface area contributed by atoms with Crippen LogP contribution in [-0.2, 0) is 5.41 Å². The zero-order chi connectivity index (χ0) is 18.1. The Morgan fingerprint density at radius 3 is 2.38 bits per heavy atom. The minimum Gasteiger partial charge on any atom is -0.497 e. The summed E-state index contributed by atoms with van der Waals surface area (Å²) in [5, 5.41) is 10.1. The minimum absolute atomic E-state index is 0.357. The highest BCUT2D eigenvalue weighted by molar-refractivity contribution is 5.62. The Labute approximate surface area is 155 Å². The molecule has 2 heterocycles. The number of nitrogens with zero attached hydrogens (tertiary/aromatic N) is 2. The fourth-order valence-electron chi connectivity index (χ4n) is 4.80. The van der Waals surface area contributed by atoms with E-state index in [-0.39, 0.29) is 0 Å². The second kappa shape index (κ2) is 6.57. The van der Waals surface area contributed by atoms with Crippen LogP contribution in [0, 0.1) is 11.3 Å². The van der Waals surface area contributed by atoms with Crippen molar-refractivity contribution in [3.63, 3.8) is 0 Å². The maximum Gasteiger partial charge on any atom is 0.142 e. The molecule has 0 aliphatic carbocycles. The minimum atomic E-state index is -0.446. The highest BCUT2D eigenvalue weighted by Gasteiger charge is 2.50. The number of benzene rings is 2. The van der Waals surface area contributed by atoms with E-state index in [9.17, 15) is 5.26 Å². The molecular formula is C22H24N2O2. The fraction of sp³-hybridized carbons (Fsp3) is 0.409. The number of fused-ring (bicyclic) bond motifs is 2. The van der Waals surface area contributed by atoms with Crippen molar-refractivity contribution in [3.05, 3.63) is 54.1 Å². The third kappa shape index (κ3) is 2.59. The van der Waals surface area contributed by atoms with Gasteiger partial charge in [0.25, 0.3) is 0 Å². The summed E-state index contributed by atoms with van der Waals surface area (Å²) in [6.45, 7) is 0. The molecule has 4 rings (SSSR count). The molecule has 2 aromatic rings. The van der Waals surface area contributed by atoms with Gasteiger partial charge >= 0.3 is 0 Å². The SMILES string of the molecule is COc1cccc(C2(C#N)CC3CCC(C2)N3c2ccccc2OC)c1. The van der Waals surface area contributed by atoms with Gasteiger partial charge in [-0.15, -0.1) is 0 Å². The summed E-state index contributed by atoms with van der Waals surface area (Å²) in [6, 6.07) is 19.6. The zero-order valence-electron chi connectivity index (χ0n) is 15.3. The molecule has 0 spiro atoms. The average Bonchev–Trinajstić information content (AvgIpc) is 2.98. The van der Waals surface area contributed by atoms with E-state index in [4.69, 9.17) is 9.47 Å². The summed E-state index contributed by atoms with van der Waals surface area (Å²) in [7, 11) is 3.40. The molecule has 0 N–H and O–H groups in total. The number of anilines is 1. The van der Waals surface area contributed by atoms with Crippen LogP contribution in [0.3, 0.4) is 0 Å². The van der Waals surface area contributed by atoms with Crippen molar-refractivity contribution in [3.8, 4) is 17.6 Å². The molecule has 2 aliphatic rings. The van der Waals surface area contributed by atoms with Crippen molar-refractivity contribution in [1.29, 1.82) is 5.26 Å². The van der Waals surface area contributed by atoms with Crippen molar-refractivity contribution in [2.24, 2.45) is 0 Å².